The molecule has 0 aliphatic rings. The average molecular weight is 200 g/mol. The van der Waals surface area contributed by atoms with Crippen molar-refractivity contribution in [2.24, 2.45) is 0 Å². The first kappa shape index (κ1) is 10.7. The SMILES string of the molecule is O=C(NCCOCCO)c1ccon1. The summed E-state index contributed by atoms with van der Waals surface area (Å²) in [6, 6.07) is 1.48. The molecule has 1 heterocycles. The van der Waals surface area contributed by atoms with Crippen molar-refractivity contribution in [3.8, 4) is 0 Å². The maximum atomic E-state index is 11.2. The van der Waals surface area contributed by atoms with Gasteiger partial charge in [0, 0.05) is 12.6 Å². The Morgan fingerprint density at radius 1 is 1.64 bits per heavy atom. The molecule has 0 saturated carbocycles. The fraction of sp³-hybridized carbons (Fsp3) is 0.500. The van der Waals surface area contributed by atoms with Crippen LogP contribution >= 0.6 is 0 Å². The van der Waals surface area contributed by atoms with E-state index < -0.39 is 0 Å². The average Bonchev–Trinajstić information content (AvgIpc) is 2.70. The quantitative estimate of drug-likeness (QED) is 0.600. The monoisotopic (exact) mass is 200 g/mol. The van der Waals surface area contributed by atoms with E-state index in [1.54, 1.807) is 0 Å². The third-order valence-corrected chi connectivity index (χ3v) is 1.44. The number of carbonyl (C=O) groups is 1. The van der Waals surface area contributed by atoms with Crippen LogP contribution in [0.15, 0.2) is 16.9 Å². The number of ether oxygens (including phenoxy) is 1. The van der Waals surface area contributed by atoms with Crippen LogP contribution in [0.2, 0.25) is 0 Å². The van der Waals surface area contributed by atoms with Crippen LogP contribution in [0.5, 0.6) is 0 Å². The predicted molar refractivity (Wildman–Crippen MR) is 46.7 cm³/mol. The number of rotatable bonds is 6. The Labute approximate surface area is 80.8 Å². The molecule has 6 heteroatoms. The molecular weight excluding hydrogens is 188 g/mol. The Morgan fingerprint density at radius 2 is 2.50 bits per heavy atom. The molecule has 0 aliphatic heterocycles. The zero-order valence-corrected chi connectivity index (χ0v) is 7.60. The second-order valence-corrected chi connectivity index (χ2v) is 2.48. The van der Waals surface area contributed by atoms with Gasteiger partial charge in [-0.05, 0) is 0 Å². The summed E-state index contributed by atoms with van der Waals surface area (Å²) >= 11 is 0. The molecule has 6 nitrogen and oxygen atoms in total. The third kappa shape index (κ3) is 3.55. The molecule has 0 aliphatic carbocycles. The zero-order chi connectivity index (χ0) is 10.2. The van der Waals surface area contributed by atoms with Gasteiger partial charge in [-0.25, -0.2) is 0 Å². The van der Waals surface area contributed by atoms with Crippen LogP contribution in [-0.2, 0) is 4.74 Å². The van der Waals surface area contributed by atoms with Crippen LogP contribution in [0.1, 0.15) is 10.5 Å². The lowest BCUT2D eigenvalue weighted by Gasteiger charge is -2.02. The second kappa shape index (κ2) is 6.11. The van der Waals surface area contributed by atoms with Gasteiger partial charge in [-0.15, -0.1) is 0 Å². The van der Waals surface area contributed by atoms with E-state index in [0.29, 0.717) is 13.2 Å². The summed E-state index contributed by atoms with van der Waals surface area (Å²) < 4.78 is 9.45. The zero-order valence-electron chi connectivity index (χ0n) is 7.60. The Kier molecular flexibility index (Phi) is 4.66. The number of carbonyl (C=O) groups excluding carboxylic acids is 1. The van der Waals surface area contributed by atoms with E-state index in [2.05, 4.69) is 15.0 Å². The van der Waals surface area contributed by atoms with Crippen molar-refractivity contribution in [2.45, 2.75) is 0 Å². The van der Waals surface area contributed by atoms with Gasteiger partial charge in [-0.2, -0.15) is 0 Å². The van der Waals surface area contributed by atoms with E-state index in [9.17, 15) is 4.79 Å². The van der Waals surface area contributed by atoms with Gasteiger partial charge in [0.2, 0.25) is 0 Å². The minimum atomic E-state index is -0.300. The highest BCUT2D eigenvalue weighted by molar-refractivity contribution is 5.91. The largest absolute Gasteiger partial charge is 0.394 e. The molecule has 2 N–H and O–H groups in total. The fourth-order valence-corrected chi connectivity index (χ4v) is 0.824. The number of aromatic nitrogens is 1. The van der Waals surface area contributed by atoms with Crippen LogP contribution in [-0.4, -0.2) is 42.5 Å². The molecule has 0 bridgehead atoms. The smallest absolute Gasteiger partial charge is 0.273 e. The maximum absolute atomic E-state index is 11.2. The molecule has 0 atom stereocenters. The number of hydrogen-bond donors (Lipinski definition) is 2. The van der Waals surface area contributed by atoms with Gasteiger partial charge in [0.05, 0.1) is 19.8 Å². The lowest BCUT2D eigenvalue weighted by molar-refractivity contribution is 0.0833. The first-order chi connectivity index (χ1) is 6.84. The van der Waals surface area contributed by atoms with Crippen LogP contribution in [0.4, 0.5) is 0 Å². The summed E-state index contributed by atoms with van der Waals surface area (Å²) in [4.78, 5) is 11.2. The Bertz CT molecular complexity index is 260. The molecule has 0 saturated heterocycles. The highest BCUT2D eigenvalue weighted by Gasteiger charge is 2.06. The minimum Gasteiger partial charge on any atom is -0.394 e. The van der Waals surface area contributed by atoms with Gasteiger partial charge in [0.25, 0.3) is 5.91 Å². The molecule has 14 heavy (non-hydrogen) atoms. The third-order valence-electron chi connectivity index (χ3n) is 1.44. The molecule has 1 aromatic rings. The van der Waals surface area contributed by atoms with E-state index >= 15 is 0 Å². The van der Waals surface area contributed by atoms with Crippen LogP contribution in [0.25, 0.3) is 0 Å². The maximum Gasteiger partial charge on any atom is 0.273 e. The van der Waals surface area contributed by atoms with Crippen LogP contribution in [0, 0.1) is 0 Å². The van der Waals surface area contributed by atoms with Gasteiger partial charge in [-0.1, -0.05) is 5.16 Å². The molecule has 0 unspecified atom stereocenters. The summed E-state index contributed by atoms with van der Waals surface area (Å²) in [7, 11) is 0. The lowest BCUT2D eigenvalue weighted by Crippen LogP contribution is -2.27. The lowest BCUT2D eigenvalue weighted by atomic mass is 10.4. The van der Waals surface area contributed by atoms with Crippen molar-refractivity contribution in [3.63, 3.8) is 0 Å². The molecule has 0 fully saturated rings. The van der Waals surface area contributed by atoms with Crippen molar-refractivity contribution in [1.29, 1.82) is 0 Å². The van der Waals surface area contributed by atoms with Gasteiger partial charge in [0.1, 0.15) is 6.26 Å². The van der Waals surface area contributed by atoms with Crippen molar-refractivity contribution in [3.05, 3.63) is 18.0 Å². The molecule has 0 spiro atoms. The summed E-state index contributed by atoms with van der Waals surface area (Å²) in [6.07, 6.45) is 1.33. The van der Waals surface area contributed by atoms with Crippen LogP contribution in [0.3, 0.4) is 0 Å². The van der Waals surface area contributed by atoms with E-state index in [1.165, 1.54) is 12.3 Å². The van der Waals surface area contributed by atoms with Gasteiger partial charge in [-0.3, -0.25) is 4.79 Å². The molecule has 0 radical (unpaired) electrons. The number of aliphatic hydroxyl groups excluding tert-OH is 1. The molecule has 1 rings (SSSR count). The second-order valence-electron chi connectivity index (χ2n) is 2.48. The van der Waals surface area contributed by atoms with E-state index in [0.717, 1.165) is 0 Å². The number of nitrogens with one attached hydrogen (secondary N) is 1. The molecule has 0 aromatic carbocycles. The summed E-state index contributed by atoms with van der Waals surface area (Å²) in [5, 5.41) is 14.4. The van der Waals surface area contributed by atoms with Crippen molar-refractivity contribution < 1.29 is 19.2 Å². The van der Waals surface area contributed by atoms with E-state index in [4.69, 9.17) is 9.84 Å². The summed E-state index contributed by atoms with van der Waals surface area (Å²) in [6.45, 7) is 1.01. The predicted octanol–water partition coefficient (Wildman–Crippen LogP) is -0.587. The standard InChI is InChI=1S/C8H12N2O4/c11-3-6-13-5-2-9-8(12)7-1-4-14-10-7/h1,4,11H,2-3,5-6H2,(H,9,12). The molecule has 1 aromatic heterocycles. The Morgan fingerprint density at radius 3 is 3.14 bits per heavy atom. The van der Waals surface area contributed by atoms with Gasteiger partial charge >= 0.3 is 0 Å². The Balaban J connectivity index is 2.10. The van der Waals surface area contributed by atoms with E-state index in [-0.39, 0.29) is 24.8 Å². The molecule has 1 amide bonds. The topological polar surface area (TPSA) is 84.6 Å². The number of amides is 1. The first-order valence-electron chi connectivity index (χ1n) is 4.22. The summed E-state index contributed by atoms with van der Waals surface area (Å²) in [5.74, 6) is -0.300. The number of aliphatic hydroxyl groups is 1. The summed E-state index contributed by atoms with van der Waals surface area (Å²) in [5.41, 5.74) is 0.243. The van der Waals surface area contributed by atoms with Gasteiger partial charge in [0.15, 0.2) is 5.69 Å². The van der Waals surface area contributed by atoms with Crippen molar-refractivity contribution in [1.82, 2.24) is 10.5 Å². The highest BCUT2D eigenvalue weighted by atomic mass is 16.5. The highest BCUT2D eigenvalue weighted by Crippen LogP contribution is 1.92. The molecular formula is C8H12N2O4. The first-order valence-corrected chi connectivity index (χ1v) is 4.22. The Hall–Kier alpha value is -1.40. The van der Waals surface area contributed by atoms with Crippen LogP contribution < -0.4 is 5.32 Å². The number of nitrogens with zero attached hydrogens (tertiary/aromatic N) is 1. The minimum absolute atomic E-state index is 0.0166. The van der Waals surface area contributed by atoms with Crippen molar-refractivity contribution in [2.75, 3.05) is 26.4 Å². The normalized spacial score (nSPS) is 10.1. The number of hydrogen-bond acceptors (Lipinski definition) is 5. The van der Waals surface area contributed by atoms with E-state index in [1.807, 2.05) is 0 Å². The fourth-order valence-electron chi connectivity index (χ4n) is 0.824. The molecule has 78 valence electrons. The van der Waals surface area contributed by atoms with Gasteiger partial charge < -0.3 is 19.7 Å². The van der Waals surface area contributed by atoms with Crippen molar-refractivity contribution >= 4 is 5.91 Å².